The van der Waals surface area contributed by atoms with Crippen LogP contribution in [0.1, 0.15) is 12.0 Å². The molecule has 24 heavy (non-hydrogen) atoms. The lowest BCUT2D eigenvalue weighted by Gasteiger charge is -2.11. The number of halogens is 1. The number of benzene rings is 2. The van der Waals surface area contributed by atoms with Crippen LogP contribution >= 0.6 is 27.7 Å². The molecule has 0 saturated carbocycles. The highest BCUT2D eigenvalue weighted by molar-refractivity contribution is 9.10. The van der Waals surface area contributed by atoms with Crippen LogP contribution in [-0.4, -0.2) is 20.1 Å². The summed E-state index contributed by atoms with van der Waals surface area (Å²) >= 11 is 4.88. The number of hydrogen-bond donors (Lipinski definition) is 2. The standard InChI is InChI=1S/C16H15BrN2O3S2/c17-12-3-1-11(2-4-12)10-18-24(21,22)13-5-6-15-14(9-13)19-16(20)7-8-23-15/h1-6,9,18H,7-8,10H2,(H,19,20). The minimum Gasteiger partial charge on any atom is -0.325 e. The number of fused-ring (bicyclic) bond motifs is 1. The molecule has 0 bridgehead atoms. The largest absolute Gasteiger partial charge is 0.325 e. The molecule has 2 aromatic carbocycles. The van der Waals surface area contributed by atoms with Crippen LogP contribution in [0.5, 0.6) is 0 Å². The molecule has 1 aliphatic rings. The molecule has 1 amide bonds. The number of hydrogen-bond acceptors (Lipinski definition) is 4. The molecule has 0 unspecified atom stereocenters. The van der Waals surface area contributed by atoms with Gasteiger partial charge in [-0.1, -0.05) is 28.1 Å². The predicted molar refractivity (Wildman–Crippen MR) is 98.6 cm³/mol. The van der Waals surface area contributed by atoms with Crippen LogP contribution in [0.25, 0.3) is 0 Å². The monoisotopic (exact) mass is 426 g/mol. The zero-order chi connectivity index (χ0) is 17.2. The highest BCUT2D eigenvalue weighted by Gasteiger charge is 2.19. The average Bonchev–Trinajstić information content (AvgIpc) is 2.74. The van der Waals surface area contributed by atoms with E-state index in [2.05, 4.69) is 26.0 Å². The van der Waals surface area contributed by atoms with E-state index in [0.29, 0.717) is 17.9 Å². The van der Waals surface area contributed by atoms with Crippen molar-refractivity contribution in [2.45, 2.75) is 22.8 Å². The molecule has 0 radical (unpaired) electrons. The van der Waals surface area contributed by atoms with Crippen LogP contribution in [0, 0.1) is 0 Å². The summed E-state index contributed by atoms with van der Waals surface area (Å²) in [5.74, 6) is 0.589. The molecule has 0 aliphatic carbocycles. The minimum atomic E-state index is -3.65. The SMILES string of the molecule is O=C1CCSc2ccc(S(=O)(=O)NCc3ccc(Br)cc3)cc2N1. The Morgan fingerprint density at radius 2 is 1.92 bits per heavy atom. The first-order chi connectivity index (χ1) is 11.4. The van der Waals surface area contributed by atoms with Crippen molar-refractivity contribution in [2.75, 3.05) is 11.1 Å². The molecular formula is C16H15BrN2O3S2. The maximum atomic E-state index is 12.5. The van der Waals surface area contributed by atoms with Gasteiger partial charge in [-0.3, -0.25) is 4.79 Å². The van der Waals surface area contributed by atoms with Crippen molar-refractivity contribution in [3.8, 4) is 0 Å². The zero-order valence-electron chi connectivity index (χ0n) is 12.6. The summed E-state index contributed by atoms with van der Waals surface area (Å²) in [5.41, 5.74) is 1.41. The van der Waals surface area contributed by atoms with E-state index in [1.165, 1.54) is 6.07 Å². The molecule has 0 spiro atoms. The van der Waals surface area contributed by atoms with Gasteiger partial charge in [0.1, 0.15) is 0 Å². The fourth-order valence-corrected chi connectivity index (χ4v) is 4.48. The number of anilines is 1. The fraction of sp³-hybridized carbons (Fsp3) is 0.188. The second-order valence-corrected chi connectivity index (χ2v) is 9.07. The van der Waals surface area contributed by atoms with Gasteiger partial charge in [0, 0.05) is 28.1 Å². The van der Waals surface area contributed by atoms with Crippen molar-refractivity contribution in [3.05, 3.63) is 52.5 Å². The first-order valence-corrected chi connectivity index (χ1v) is 10.5. The third-order valence-electron chi connectivity index (χ3n) is 3.50. The van der Waals surface area contributed by atoms with Crippen LogP contribution < -0.4 is 10.0 Å². The van der Waals surface area contributed by atoms with E-state index >= 15 is 0 Å². The molecule has 0 fully saturated rings. The van der Waals surface area contributed by atoms with Crippen molar-refractivity contribution in [3.63, 3.8) is 0 Å². The van der Waals surface area contributed by atoms with Gasteiger partial charge < -0.3 is 5.32 Å². The molecule has 2 aromatic rings. The van der Waals surface area contributed by atoms with E-state index in [4.69, 9.17) is 0 Å². The lowest BCUT2D eigenvalue weighted by atomic mass is 10.2. The van der Waals surface area contributed by atoms with Crippen molar-refractivity contribution < 1.29 is 13.2 Å². The van der Waals surface area contributed by atoms with E-state index in [1.807, 2.05) is 24.3 Å². The maximum Gasteiger partial charge on any atom is 0.240 e. The smallest absolute Gasteiger partial charge is 0.240 e. The maximum absolute atomic E-state index is 12.5. The lowest BCUT2D eigenvalue weighted by Crippen LogP contribution is -2.23. The summed E-state index contributed by atoms with van der Waals surface area (Å²) in [6.45, 7) is 0.202. The van der Waals surface area contributed by atoms with E-state index < -0.39 is 10.0 Å². The van der Waals surface area contributed by atoms with Crippen molar-refractivity contribution in [1.29, 1.82) is 0 Å². The molecule has 8 heteroatoms. The van der Waals surface area contributed by atoms with Crippen LogP contribution in [0.4, 0.5) is 5.69 Å². The van der Waals surface area contributed by atoms with Crippen molar-refractivity contribution in [1.82, 2.24) is 4.72 Å². The van der Waals surface area contributed by atoms with Crippen molar-refractivity contribution in [2.24, 2.45) is 0 Å². The molecule has 5 nitrogen and oxygen atoms in total. The number of carbonyl (C=O) groups is 1. The molecule has 2 N–H and O–H groups in total. The summed E-state index contributed by atoms with van der Waals surface area (Å²) in [4.78, 5) is 12.7. The summed E-state index contributed by atoms with van der Waals surface area (Å²) < 4.78 is 28.5. The quantitative estimate of drug-likeness (QED) is 0.785. The Hall–Kier alpha value is -1.35. The summed E-state index contributed by atoms with van der Waals surface area (Å²) in [7, 11) is -3.65. The number of sulfonamides is 1. The van der Waals surface area contributed by atoms with E-state index in [-0.39, 0.29) is 17.3 Å². The van der Waals surface area contributed by atoms with Crippen LogP contribution in [0.3, 0.4) is 0 Å². The highest BCUT2D eigenvalue weighted by atomic mass is 79.9. The Morgan fingerprint density at radius 3 is 2.67 bits per heavy atom. The Kier molecular flexibility index (Phi) is 5.29. The summed E-state index contributed by atoms with van der Waals surface area (Å²) in [5, 5.41) is 2.76. The molecule has 0 aromatic heterocycles. The summed E-state index contributed by atoms with van der Waals surface area (Å²) in [6, 6.07) is 12.2. The zero-order valence-corrected chi connectivity index (χ0v) is 15.8. The van der Waals surface area contributed by atoms with Gasteiger partial charge in [0.2, 0.25) is 15.9 Å². The molecule has 0 atom stereocenters. The topological polar surface area (TPSA) is 75.3 Å². The number of carbonyl (C=O) groups excluding carboxylic acids is 1. The highest BCUT2D eigenvalue weighted by Crippen LogP contribution is 2.32. The Bertz CT molecular complexity index is 867. The van der Waals surface area contributed by atoms with Gasteiger partial charge in [0.05, 0.1) is 10.6 Å². The Labute approximate surface area is 153 Å². The fourth-order valence-electron chi connectivity index (χ4n) is 2.23. The molecule has 126 valence electrons. The van der Waals surface area contributed by atoms with Crippen LogP contribution in [-0.2, 0) is 21.4 Å². The van der Waals surface area contributed by atoms with Gasteiger partial charge in [-0.25, -0.2) is 13.1 Å². The van der Waals surface area contributed by atoms with Gasteiger partial charge in [-0.05, 0) is 35.9 Å². The van der Waals surface area contributed by atoms with Gasteiger partial charge >= 0.3 is 0 Å². The number of thioether (sulfide) groups is 1. The third-order valence-corrected chi connectivity index (χ3v) is 6.50. The third kappa shape index (κ3) is 4.18. The van der Waals surface area contributed by atoms with Crippen molar-refractivity contribution >= 4 is 49.3 Å². The van der Waals surface area contributed by atoms with E-state index in [0.717, 1.165) is 14.9 Å². The van der Waals surface area contributed by atoms with Gasteiger partial charge in [0.25, 0.3) is 0 Å². The number of amides is 1. The number of nitrogens with one attached hydrogen (secondary N) is 2. The van der Waals surface area contributed by atoms with Crippen LogP contribution in [0.15, 0.2) is 56.7 Å². The Balaban J connectivity index is 1.79. The average molecular weight is 427 g/mol. The molecule has 1 heterocycles. The van der Waals surface area contributed by atoms with Gasteiger partial charge in [-0.2, -0.15) is 0 Å². The van der Waals surface area contributed by atoms with Gasteiger partial charge in [0.15, 0.2) is 0 Å². The van der Waals surface area contributed by atoms with E-state index in [1.54, 1.807) is 23.9 Å². The molecule has 0 saturated heterocycles. The van der Waals surface area contributed by atoms with E-state index in [9.17, 15) is 13.2 Å². The lowest BCUT2D eigenvalue weighted by molar-refractivity contribution is -0.115. The molecule has 3 rings (SSSR count). The second-order valence-electron chi connectivity index (χ2n) is 5.26. The first kappa shape index (κ1) is 17.5. The Morgan fingerprint density at radius 1 is 1.17 bits per heavy atom. The normalized spacial score (nSPS) is 14.6. The number of rotatable bonds is 4. The first-order valence-electron chi connectivity index (χ1n) is 7.25. The summed E-state index contributed by atoms with van der Waals surface area (Å²) in [6.07, 6.45) is 0.420. The predicted octanol–water partition coefficient (Wildman–Crippen LogP) is 3.36. The minimum absolute atomic E-state index is 0.0985. The second kappa shape index (κ2) is 7.26. The van der Waals surface area contributed by atoms with Gasteiger partial charge in [-0.15, -0.1) is 11.8 Å². The molecule has 1 aliphatic heterocycles. The van der Waals surface area contributed by atoms with Crippen LogP contribution in [0.2, 0.25) is 0 Å². The molecular weight excluding hydrogens is 412 g/mol.